The van der Waals surface area contributed by atoms with E-state index < -0.39 is 4.92 Å². The summed E-state index contributed by atoms with van der Waals surface area (Å²) in [6.45, 7) is 2.96. The average molecular weight is 438 g/mol. The number of benzene rings is 1. The van der Waals surface area contributed by atoms with E-state index >= 15 is 0 Å². The summed E-state index contributed by atoms with van der Waals surface area (Å²) in [6.07, 6.45) is 7.13. The van der Waals surface area contributed by atoms with Crippen molar-refractivity contribution in [3.05, 3.63) is 47.0 Å². The Labute approximate surface area is 186 Å². The van der Waals surface area contributed by atoms with Crippen molar-refractivity contribution in [2.24, 2.45) is 7.05 Å². The number of piperazine rings is 1. The molecule has 11 heteroatoms. The molecule has 3 aromatic rings. The quantitative estimate of drug-likeness (QED) is 0.423. The van der Waals surface area contributed by atoms with Crippen LogP contribution in [0.5, 0.6) is 5.75 Å². The van der Waals surface area contributed by atoms with E-state index in [4.69, 9.17) is 4.74 Å². The third kappa shape index (κ3) is 4.13. The number of hydrogen-bond donors (Lipinski definition) is 0. The predicted molar refractivity (Wildman–Crippen MR) is 123 cm³/mol. The number of nitro groups is 1. The second-order valence-electron chi connectivity index (χ2n) is 7.80. The molecular formula is C21H26N8O3. The summed E-state index contributed by atoms with van der Waals surface area (Å²) in [6, 6.07) is 3.32. The number of aromatic nitrogens is 4. The highest BCUT2D eigenvalue weighted by Crippen LogP contribution is 2.40. The van der Waals surface area contributed by atoms with Crippen LogP contribution in [0.3, 0.4) is 0 Å². The van der Waals surface area contributed by atoms with Crippen LogP contribution in [-0.4, -0.2) is 72.1 Å². The molecule has 11 nitrogen and oxygen atoms in total. The van der Waals surface area contributed by atoms with Gasteiger partial charge in [-0.25, -0.2) is 9.97 Å². The van der Waals surface area contributed by atoms with Crippen LogP contribution in [0.15, 0.2) is 36.9 Å². The molecule has 0 atom stereocenters. The molecule has 4 rings (SSSR count). The molecule has 0 N–H and O–H groups in total. The highest BCUT2D eigenvalue weighted by molar-refractivity contribution is 5.82. The van der Waals surface area contributed by atoms with Gasteiger partial charge in [0, 0.05) is 82.5 Å². The summed E-state index contributed by atoms with van der Waals surface area (Å²) in [5, 5.41) is 15.8. The van der Waals surface area contributed by atoms with E-state index in [1.807, 2.05) is 32.2 Å². The molecular weight excluding hydrogens is 412 g/mol. The zero-order chi connectivity index (χ0) is 22.8. The van der Waals surface area contributed by atoms with Crippen LogP contribution in [0.1, 0.15) is 0 Å². The molecule has 1 fully saturated rings. The van der Waals surface area contributed by atoms with Gasteiger partial charge >= 0.3 is 5.69 Å². The van der Waals surface area contributed by atoms with E-state index in [0.29, 0.717) is 0 Å². The Hall–Kier alpha value is -3.89. The molecule has 168 valence electrons. The van der Waals surface area contributed by atoms with Crippen molar-refractivity contribution in [2.45, 2.75) is 0 Å². The molecule has 32 heavy (non-hydrogen) atoms. The first-order chi connectivity index (χ1) is 15.4. The van der Waals surface area contributed by atoms with Crippen molar-refractivity contribution in [3.8, 4) is 16.9 Å². The maximum atomic E-state index is 11.6. The largest absolute Gasteiger partial charge is 0.490 e. The van der Waals surface area contributed by atoms with E-state index in [2.05, 4.69) is 24.9 Å². The van der Waals surface area contributed by atoms with E-state index in [-0.39, 0.29) is 11.4 Å². The van der Waals surface area contributed by atoms with Crippen LogP contribution in [-0.2, 0) is 7.05 Å². The van der Waals surface area contributed by atoms with Gasteiger partial charge < -0.3 is 19.4 Å². The Morgan fingerprint density at radius 3 is 2.31 bits per heavy atom. The normalized spacial score (nSPS) is 13.9. The summed E-state index contributed by atoms with van der Waals surface area (Å²) in [5.74, 6) is 1.89. The molecule has 3 heterocycles. The fourth-order valence-corrected chi connectivity index (χ4v) is 3.80. The minimum Gasteiger partial charge on any atom is -0.490 e. The van der Waals surface area contributed by atoms with Crippen LogP contribution >= 0.6 is 0 Å². The molecule has 1 aliphatic rings. The number of hydrogen-bond acceptors (Lipinski definition) is 9. The molecule has 0 saturated carbocycles. The molecule has 1 saturated heterocycles. The second kappa shape index (κ2) is 8.69. The predicted octanol–water partition coefficient (Wildman–Crippen LogP) is 2.19. The molecule has 0 unspecified atom stereocenters. The molecule has 0 bridgehead atoms. The van der Waals surface area contributed by atoms with Crippen molar-refractivity contribution >= 4 is 23.0 Å². The Kier molecular flexibility index (Phi) is 5.80. The van der Waals surface area contributed by atoms with Gasteiger partial charge in [-0.15, -0.1) is 0 Å². The van der Waals surface area contributed by atoms with Crippen LogP contribution in [0, 0.1) is 10.1 Å². The minimum absolute atomic E-state index is 0.0648. The Bertz CT molecular complexity index is 1100. The average Bonchev–Trinajstić information content (AvgIpc) is 3.24. The number of nitro benzene ring substituents is 1. The van der Waals surface area contributed by atoms with Gasteiger partial charge in [0.2, 0.25) is 0 Å². The van der Waals surface area contributed by atoms with Crippen LogP contribution < -0.4 is 19.4 Å². The summed E-state index contributed by atoms with van der Waals surface area (Å²) < 4.78 is 7.02. The lowest BCUT2D eigenvalue weighted by atomic mass is 10.0. The van der Waals surface area contributed by atoms with E-state index in [1.54, 1.807) is 35.4 Å². The third-order valence-corrected chi connectivity index (χ3v) is 5.54. The highest BCUT2D eigenvalue weighted by atomic mass is 16.6. The van der Waals surface area contributed by atoms with Crippen molar-refractivity contribution < 1.29 is 9.66 Å². The lowest BCUT2D eigenvalue weighted by molar-refractivity contribution is -0.385. The minimum atomic E-state index is -0.420. The Morgan fingerprint density at radius 2 is 1.78 bits per heavy atom. The van der Waals surface area contributed by atoms with Crippen LogP contribution in [0.25, 0.3) is 11.1 Å². The van der Waals surface area contributed by atoms with Crippen molar-refractivity contribution in [3.63, 3.8) is 0 Å². The summed E-state index contributed by atoms with van der Waals surface area (Å²) in [4.78, 5) is 26.5. The summed E-state index contributed by atoms with van der Waals surface area (Å²) in [7, 11) is 7.13. The van der Waals surface area contributed by atoms with E-state index in [9.17, 15) is 10.1 Å². The van der Waals surface area contributed by atoms with Gasteiger partial charge in [-0.1, -0.05) is 0 Å². The fraction of sp³-hybridized carbons (Fsp3) is 0.381. The third-order valence-electron chi connectivity index (χ3n) is 5.54. The zero-order valence-electron chi connectivity index (χ0n) is 18.6. The summed E-state index contributed by atoms with van der Waals surface area (Å²) >= 11 is 0. The van der Waals surface area contributed by atoms with Crippen molar-refractivity contribution in [1.29, 1.82) is 0 Å². The maximum absolute atomic E-state index is 11.6. The lowest BCUT2D eigenvalue weighted by Crippen LogP contribution is -2.47. The molecule has 0 spiro atoms. The van der Waals surface area contributed by atoms with E-state index in [1.165, 1.54) is 7.11 Å². The van der Waals surface area contributed by atoms with Gasteiger partial charge in [-0.2, -0.15) is 5.10 Å². The van der Waals surface area contributed by atoms with Gasteiger partial charge in [0.25, 0.3) is 0 Å². The molecule has 1 aliphatic heterocycles. The number of anilines is 3. The second-order valence-corrected chi connectivity index (χ2v) is 7.80. The standard InChI is InChI=1S/C21H26N8O3/c1-25(2)20-12-23-21(13-22-20)28-7-5-27(6-8-28)17-10-19(32-4)18(29(30)31)9-16(17)15-11-24-26(3)14-15/h9-14H,5-8H2,1-4H3. The van der Waals surface area contributed by atoms with Gasteiger partial charge in [-0.3, -0.25) is 14.8 Å². The van der Waals surface area contributed by atoms with Gasteiger partial charge in [0.05, 0.1) is 30.6 Å². The Balaban J connectivity index is 1.61. The molecule has 0 amide bonds. The summed E-state index contributed by atoms with van der Waals surface area (Å²) in [5.41, 5.74) is 2.40. The molecule has 1 aromatic carbocycles. The monoisotopic (exact) mass is 438 g/mol. The Morgan fingerprint density at radius 1 is 1.06 bits per heavy atom. The van der Waals surface area contributed by atoms with Gasteiger partial charge in [0.15, 0.2) is 5.75 Å². The number of methoxy groups -OCH3 is 1. The number of rotatable bonds is 6. The zero-order valence-corrected chi connectivity index (χ0v) is 18.6. The van der Waals surface area contributed by atoms with Crippen LogP contribution in [0.2, 0.25) is 0 Å². The van der Waals surface area contributed by atoms with Gasteiger partial charge in [0.1, 0.15) is 11.6 Å². The number of aryl methyl sites for hydroxylation is 1. The maximum Gasteiger partial charge on any atom is 0.311 e. The SMILES string of the molecule is COc1cc(N2CCN(c3cnc(N(C)C)cn3)CC2)c(-c2cnn(C)c2)cc1[N+](=O)[O-]. The fourth-order valence-electron chi connectivity index (χ4n) is 3.80. The first kappa shape index (κ1) is 21.3. The smallest absolute Gasteiger partial charge is 0.311 e. The first-order valence-electron chi connectivity index (χ1n) is 10.2. The lowest BCUT2D eigenvalue weighted by Gasteiger charge is -2.37. The number of nitrogens with zero attached hydrogens (tertiary/aromatic N) is 8. The van der Waals surface area contributed by atoms with Crippen molar-refractivity contribution in [1.82, 2.24) is 19.7 Å². The topological polar surface area (TPSA) is 106 Å². The molecule has 0 aliphatic carbocycles. The first-order valence-corrected chi connectivity index (χ1v) is 10.2. The number of ether oxygens (including phenoxy) is 1. The van der Waals surface area contributed by atoms with Gasteiger partial charge in [-0.05, 0) is 0 Å². The van der Waals surface area contributed by atoms with Crippen LogP contribution in [0.4, 0.5) is 23.0 Å². The molecule has 0 radical (unpaired) electrons. The van der Waals surface area contributed by atoms with Crippen molar-refractivity contribution in [2.75, 3.05) is 62.1 Å². The molecule has 2 aromatic heterocycles. The highest BCUT2D eigenvalue weighted by Gasteiger charge is 2.26. The van der Waals surface area contributed by atoms with E-state index in [0.717, 1.165) is 54.6 Å².